The Morgan fingerprint density at radius 2 is 1.69 bits per heavy atom. The molecule has 1 aromatic heterocycles. The maximum absolute atomic E-state index is 10.8. The summed E-state index contributed by atoms with van der Waals surface area (Å²) >= 11 is 8.79. The molecule has 6 heteroatoms. The first-order chi connectivity index (χ1) is 12.5. The molecule has 130 valence electrons. The van der Waals surface area contributed by atoms with E-state index in [0.717, 1.165) is 11.1 Å². The number of aliphatic carboxylic acids is 1. The highest BCUT2D eigenvalue weighted by Crippen LogP contribution is 2.43. The van der Waals surface area contributed by atoms with Crippen LogP contribution in [0, 0.1) is 0 Å². The van der Waals surface area contributed by atoms with E-state index in [1.165, 1.54) is 20.2 Å². The average molecular weight is 492 g/mol. The van der Waals surface area contributed by atoms with Gasteiger partial charge in [0.05, 0.1) is 8.95 Å². The van der Waals surface area contributed by atoms with Gasteiger partial charge in [-0.3, -0.25) is 0 Å². The van der Waals surface area contributed by atoms with Crippen LogP contribution in [0.25, 0.3) is 31.3 Å². The zero-order valence-corrected chi connectivity index (χ0v) is 17.3. The topological polar surface area (TPSA) is 46.5 Å². The smallest absolute Gasteiger partial charge is 0.341 e. The van der Waals surface area contributed by atoms with Crippen molar-refractivity contribution < 1.29 is 14.6 Å². The second-order valence-corrected chi connectivity index (χ2v) is 8.52. The number of thiophene rings is 1. The van der Waals surface area contributed by atoms with Gasteiger partial charge in [-0.05, 0) is 67.3 Å². The van der Waals surface area contributed by atoms with Crippen LogP contribution in [0.2, 0.25) is 0 Å². The Morgan fingerprint density at radius 1 is 1.00 bits per heavy atom. The lowest BCUT2D eigenvalue weighted by molar-refractivity contribution is -0.139. The van der Waals surface area contributed by atoms with Crippen LogP contribution in [0.4, 0.5) is 0 Å². The van der Waals surface area contributed by atoms with Crippen molar-refractivity contribution in [1.29, 1.82) is 0 Å². The number of carboxylic acids is 1. The Hall–Kier alpha value is -1.89. The summed E-state index contributed by atoms with van der Waals surface area (Å²) in [5.74, 6) is -0.527. The lowest BCUT2D eigenvalue weighted by Crippen LogP contribution is -2.10. The van der Waals surface area contributed by atoms with Crippen molar-refractivity contribution in [3.8, 4) is 16.9 Å². The molecule has 0 saturated carbocycles. The molecule has 0 saturated heterocycles. The van der Waals surface area contributed by atoms with E-state index in [1.807, 2.05) is 12.1 Å². The predicted molar refractivity (Wildman–Crippen MR) is 113 cm³/mol. The summed E-state index contributed by atoms with van der Waals surface area (Å²) in [4.78, 5) is 10.8. The third kappa shape index (κ3) is 3.13. The highest BCUT2D eigenvalue weighted by molar-refractivity contribution is 9.11. The summed E-state index contributed by atoms with van der Waals surface area (Å²) in [5.41, 5.74) is 2.16. The van der Waals surface area contributed by atoms with Crippen LogP contribution in [-0.4, -0.2) is 17.7 Å². The maximum atomic E-state index is 10.8. The normalized spacial score (nSPS) is 11.2. The average Bonchev–Trinajstić information content (AvgIpc) is 2.99. The Kier molecular flexibility index (Phi) is 4.73. The molecule has 1 N–H and O–H groups in total. The fourth-order valence-electron chi connectivity index (χ4n) is 3.00. The lowest BCUT2D eigenvalue weighted by Gasteiger charge is -2.12. The summed E-state index contributed by atoms with van der Waals surface area (Å²) < 4.78 is 9.28. The number of hydrogen-bond donors (Lipinski definition) is 1. The van der Waals surface area contributed by atoms with E-state index in [4.69, 9.17) is 9.84 Å². The van der Waals surface area contributed by atoms with Crippen LogP contribution in [0.5, 0.6) is 5.75 Å². The summed E-state index contributed by atoms with van der Waals surface area (Å²) in [7, 11) is 0. The van der Waals surface area contributed by atoms with Crippen LogP contribution in [0.1, 0.15) is 0 Å². The van der Waals surface area contributed by atoms with Crippen molar-refractivity contribution in [3.63, 3.8) is 0 Å². The number of halogens is 2. The molecule has 4 aromatic rings. The summed E-state index contributed by atoms with van der Waals surface area (Å²) in [6.07, 6.45) is 0. The molecular weight excluding hydrogens is 480 g/mol. The minimum atomic E-state index is -1.01. The fraction of sp³-hybridized carbons (Fsp3) is 0.0500. The lowest BCUT2D eigenvalue weighted by atomic mass is 9.99. The van der Waals surface area contributed by atoms with Gasteiger partial charge in [0.2, 0.25) is 0 Å². The van der Waals surface area contributed by atoms with Gasteiger partial charge in [0.15, 0.2) is 6.61 Å². The van der Waals surface area contributed by atoms with Crippen LogP contribution in [0.3, 0.4) is 0 Å². The van der Waals surface area contributed by atoms with E-state index in [9.17, 15) is 4.79 Å². The van der Waals surface area contributed by atoms with Crippen LogP contribution < -0.4 is 4.74 Å². The zero-order chi connectivity index (χ0) is 18.3. The first-order valence-corrected chi connectivity index (χ1v) is 10.2. The minimum Gasteiger partial charge on any atom is -0.480 e. The van der Waals surface area contributed by atoms with Gasteiger partial charge in [0.1, 0.15) is 5.75 Å². The molecule has 0 spiro atoms. The minimum absolute atomic E-state index is 0.388. The van der Waals surface area contributed by atoms with Crippen LogP contribution in [0.15, 0.2) is 63.5 Å². The van der Waals surface area contributed by atoms with Crippen molar-refractivity contribution in [2.75, 3.05) is 6.61 Å². The molecule has 3 aromatic carbocycles. The molecule has 3 nitrogen and oxygen atoms in total. The third-order valence-electron chi connectivity index (χ3n) is 4.05. The maximum Gasteiger partial charge on any atom is 0.341 e. The van der Waals surface area contributed by atoms with Gasteiger partial charge in [-0.25, -0.2) is 4.79 Å². The first kappa shape index (κ1) is 17.5. The molecule has 4 rings (SSSR count). The Morgan fingerprint density at radius 3 is 2.42 bits per heavy atom. The second kappa shape index (κ2) is 7.02. The molecular formula is C20H12Br2O3S. The summed E-state index contributed by atoms with van der Waals surface area (Å²) in [6.45, 7) is -0.388. The van der Waals surface area contributed by atoms with Gasteiger partial charge >= 0.3 is 5.97 Å². The van der Waals surface area contributed by atoms with Crippen molar-refractivity contribution in [2.24, 2.45) is 0 Å². The highest BCUT2D eigenvalue weighted by Gasteiger charge is 2.15. The number of fused-ring (bicyclic) bond motifs is 3. The number of benzene rings is 3. The summed E-state index contributed by atoms with van der Waals surface area (Å²) in [6, 6.07) is 18.6. The molecule has 0 aliphatic carbocycles. The van der Waals surface area contributed by atoms with Crippen molar-refractivity contribution >= 4 is 69.3 Å². The highest BCUT2D eigenvalue weighted by atomic mass is 79.9. The third-order valence-corrected chi connectivity index (χ3v) is 6.37. The molecule has 26 heavy (non-hydrogen) atoms. The number of carbonyl (C=O) groups is 1. The number of ether oxygens (including phenoxy) is 1. The van der Waals surface area contributed by atoms with Gasteiger partial charge in [-0.15, -0.1) is 11.3 Å². The van der Waals surface area contributed by atoms with E-state index in [1.54, 1.807) is 11.3 Å². The van der Waals surface area contributed by atoms with Crippen molar-refractivity contribution in [3.05, 3.63) is 63.5 Å². The molecule has 0 bridgehead atoms. The van der Waals surface area contributed by atoms with Crippen LogP contribution in [-0.2, 0) is 4.79 Å². The van der Waals surface area contributed by atoms with E-state index < -0.39 is 5.97 Å². The molecule has 0 atom stereocenters. The van der Waals surface area contributed by atoms with Gasteiger partial charge < -0.3 is 9.84 Å². The molecule has 0 unspecified atom stereocenters. The quantitative estimate of drug-likeness (QED) is 0.345. The van der Waals surface area contributed by atoms with Crippen molar-refractivity contribution in [2.45, 2.75) is 0 Å². The first-order valence-electron chi connectivity index (χ1n) is 7.79. The summed E-state index contributed by atoms with van der Waals surface area (Å²) in [5, 5.41) is 11.3. The Bertz CT molecular complexity index is 1130. The SMILES string of the molecule is O=C(O)COc1c(Br)cc(-c2cccc3sc4ccccc4c23)cc1Br. The molecule has 1 heterocycles. The van der Waals surface area contributed by atoms with Gasteiger partial charge in [-0.1, -0.05) is 30.3 Å². The molecule has 0 amide bonds. The monoisotopic (exact) mass is 490 g/mol. The molecule has 0 radical (unpaired) electrons. The molecule has 0 aliphatic rings. The standard InChI is InChI=1S/C20H12Br2O3S/c21-14-8-11(9-15(22)20(14)25-10-18(23)24)12-5-3-7-17-19(12)13-4-1-2-6-16(13)26-17/h1-9H,10H2,(H,23,24). The van der Waals surface area contributed by atoms with Gasteiger partial charge in [0.25, 0.3) is 0 Å². The molecule has 0 aliphatic heterocycles. The Labute approximate surface area is 170 Å². The van der Waals surface area contributed by atoms with Gasteiger partial charge in [-0.2, -0.15) is 0 Å². The predicted octanol–water partition coefficient (Wildman–Crippen LogP) is 6.71. The van der Waals surface area contributed by atoms with E-state index >= 15 is 0 Å². The van der Waals surface area contributed by atoms with Crippen LogP contribution >= 0.6 is 43.2 Å². The number of hydrogen-bond acceptors (Lipinski definition) is 3. The molecule has 0 fully saturated rings. The van der Waals surface area contributed by atoms with E-state index in [0.29, 0.717) is 14.7 Å². The number of rotatable bonds is 4. The fourth-order valence-corrected chi connectivity index (χ4v) is 5.55. The Balaban J connectivity index is 1.89. The largest absolute Gasteiger partial charge is 0.480 e. The number of carboxylic acid groups (broad SMARTS) is 1. The van der Waals surface area contributed by atoms with E-state index in [-0.39, 0.29) is 6.61 Å². The van der Waals surface area contributed by atoms with E-state index in [2.05, 4.69) is 74.3 Å². The van der Waals surface area contributed by atoms with Gasteiger partial charge in [0, 0.05) is 20.2 Å². The second-order valence-electron chi connectivity index (χ2n) is 5.73. The van der Waals surface area contributed by atoms with Crippen molar-refractivity contribution in [1.82, 2.24) is 0 Å². The zero-order valence-electron chi connectivity index (χ0n) is 13.3.